The number of rotatable bonds is 1. The van der Waals surface area contributed by atoms with Crippen LogP contribution in [0.3, 0.4) is 0 Å². The van der Waals surface area contributed by atoms with Gasteiger partial charge in [0.2, 0.25) is 0 Å². The number of benzene rings is 1. The smallest absolute Gasteiger partial charge is 0.0344 e. The summed E-state index contributed by atoms with van der Waals surface area (Å²) in [6.45, 7) is 6.44. The van der Waals surface area contributed by atoms with E-state index in [1.54, 1.807) is 0 Å². The fourth-order valence-electron chi connectivity index (χ4n) is 1.21. The van der Waals surface area contributed by atoms with Crippen LogP contribution in [-0.2, 0) is 0 Å². The summed E-state index contributed by atoms with van der Waals surface area (Å²) in [5, 5.41) is 0. The molecule has 1 rings (SSSR count). The Hall–Kier alpha value is 0.430. The molecule has 0 heterocycles. The molecule has 4 heteroatoms. The normalized spacial score (nSPS) is 13.2. The summed E-state index contributed by atoms with van der Waals surface area (Å²) in [5.41, 5.74) is 7.41. The highest BCUT2D eigenvalue weighted by molar-refractivity contribution is 9.13. The molecule has 86 valence electrons. The summed E-state index contributed by atoms with van der Waals surface area (Å²) in [6, 6.07) is 6.21. The van der Waals surface area contributed by atoms with Crippen molar-refractivity contribution < 1.29 is 0 Å². The van der Waals surface area contributed by atoms with Gasteiger partial charge in [0.05, 0.1) is 0 Å². The van der Waals surface area contributed by atoms with Gasteiger partial charge in [-0.2, -0.15) is 0 Å². The molecule has 0 unspecified atom stereocenters. The van der Waals surface area contributed by atoms with Gasteiger partial charge in [-0.25, -0.2) is 0 Å². The second-order valence-corrected chi connectivity index (χ2v) is 6.23. The van der Waals surface area contributed by atoms with Crippen molar-refractivity contribution in [1.82, 2.24) is 0 Å². The van der Waals surface area contributed by atoms with Crippen molar-refractivity contribution in [2.24, 2.45) is 11.1 Å². The van der Waals surface area contributed by atoms with Gasteiger partial charge in [-0.05, 0) is 55.0 Å². The van der Waals surface area contributed by atoms with Crippen molar-refractivity contribution in [1.29, 1.82) is 0 Å². The van der Waals surface area contributed by atoms with Crippen molar-refractivity contribution in [3.8, 4) is 0 Å². The summed E-state index contributed by atoms with van der Waals surface area (Å²) >= 11 is 6.92. The van der Waals surface area contributed by atoms with E-state index >= 15 is 0 Å². The number of hydrogen-bond acceptors (Lipinski definition) is 1. The first-order chi connectivity index (χ1) is 6.32. The summed E-state index contributed by atoms with van der Waals surface area (Å²) in [6.07, 6.45) is 0. The zero-order valence-electron chi connectivity index (χ0n) is 9.05. The molecule has 0 saturated carbocycles. The Labute approximate surface area is 114 Å². The van der Waals surface area contributed by atoms with Crippen LogP contribution in [0.15, 0.2) is 27.1 Å². The zero-order chi connectivity index (χ0) is 10.9. The SMILES string of the molecule is CC(C)(C)[C@@H](N)c1ccc(Br)c(Br)c1.Cl. The Balaban J connectivity index is 0.00000196. The maximum atomic E-state index is 6.15. The van der Waals surface area contributed by atoms with Gasteiger partial charge >= 0.3 is 0 Å². The average Bonchev–Trinajstić information content (AvgIpc) is 2.07. The van der Waals surface area contributed by atoms with Gasteiger partial charge in [0, 0.05) is 15.0 Å². The minimum absolute atomic E-state index is 0. The van der Waals surface area contributed by atoms with Gasteiger partial charge in [0.1, 0.15) is 0 Å². The molecule has 1 atom stereocenters. The zero-order valence-corrected chi connectivity index (χ0v) is 13.0. The topological polar surface area (TPSA) is 26.0 Å². The van der Waals surface area contributed by atoms with E-state index in [4.69, 9.17) is 5.73 Å². The second kappa shape index (κ2) is 5.67. The van der Waals surface area contributed by atoms with Crippen LogP contribution in [0, 0.1) is 5.41 Å². The molecule has 1 nitrogen and oxygen atoms in total. The molecule has 2 N–H and O–H groups in total. The second-order valence-electron chi connectivity index (χ2n) is 4.52. The van der Waals surface area contributed by atoms with Gasteiger partial charge in [-0.15, -0.1) is 12.4 Å². The Morgan fingerprint density at radius 1 is 1.13 bits per heavy atom. The molecule has 1 aromatic rings. The molecule has 0 saturated heterocycles. The lowest BCUT2D eigenvalue weighted by Gasteiger charge is -2.27. The monoisotopic (exact) mass is 355 g/mol. The average molecular weight is 358 g/mol. The lowest BCUT2D eigenvalue weighted by atomic mass is 9.83. The Kier molecular flexibility index (Phi) is 5.83. The van der Waals surface area contributed by atoms with Crippen LogP contribution in [0.4, 0.5) is 0 Å². The van der Waals surface area contributed by atoms with Crippen molar-refractivity contribution >= 4 is 44.3 Å². The number of halogens is 3. The van der Waals surface area contributed by atoms with Gasteiger partial charge in [-0.3, -0.25) is 0 Å². The van der Waals surface area contributed by atoms with E-state index in [9.17, 15) is 0 Å². The molecule has 0 aromatic heterocycles. The van der Waals surface area contributed by atoms with Crippen molar-refractivity contribution in [2.75, 3.05) is 0 Å². The molecule has 0 aliphatic heterocycles. The predicted octanol–water partition coefficient (Wildman–Crippen LogP) is 4.68. The van der Waals surface area contributed by atoms with Crippen LogP contribution >= 0.6 is 44.3 Å². The van der Waals surface area contributed by atoms with Crippen LogP contribution in [-0.4, -0.2) is 0 Å². The molecule has 0 aliphatic carbocycles. The van der Waals surface area contributed by atoms with Gasteiger partial charge in [-0.1, -0.05) is 26.8 Å². The van der Waals surface area contributed by atoms with Crippen LogP contribution < -0.4 is 5.73 Å². The Bertz CT molecular complexity index is 334. The molecule has 0 amide bonds. The third kappa shape index (κ3) is 4.06. The van der Waals surface area contributed by atoms with E-state index in [0.29, 0.717) is 0 Å². The van der Waals surface area contributed by atoms with E-state index in [2.05, 4.69) is 64.8 Å². The molecule has 0 radical (unpaired) electrons. The first-order valence-electron chi connectivity index (χ1n) is 4.53. The molecule has 0 aliphatic rings. The molecule has 0 bridgehead atoms. The highest BCUT2D eigenvalue weighted by Crippen LogP contribution is 2.33. The maximum absolute atomic E-state index is 6.15. The first-order valence-corrected chi connectivity index (χ1v) is 6.11. The summed E-state index contributed by atoms with van der Waals surface area (Å²) in [7, 11) is 0. The number of hydrogen-bond donors (Lipinski definition) is 1. The summed E-state index contributed by atoms with van der Waals surface area (Å²) in [5.74, 6) is 0. The largest absolute Gasteiger partial charge is 0.324 e. The molecule has 15 heavy (non-hydrogen) atoms. The van der Waals surface area contributed by atoms with Crippen molar-refractivity contribution in [3.05, 3.63) is 32.7 Å². The third-order valence-corrected chi connectivity index (χ3v) is 4.12. The van der Waals surface area contributed by atoms with Crippen LogP contribution in [0.1, 0.15) is 32.4 Å². The number of nitrogens with two attached hydrogens (primary N) is 1. The van der Waals surface area contributed by atoms with E-state index in [1.165, 1.54) is 0 Å². The van der Waals surface area contributed by atoms with E-state index < -0.39 is 0 Å². The molecule has 1 aromatic carbocycles. The highest BCUT2D eigenvalue weighted by atomic mass is 79.9. The summed E-state index contributed by atoms with van der Waals surface area (Å²) in [4.78, 5) is 0. The quantitative estimate of drug-likeness (QED) is 0.776. The van der Waals surface area contributed by atoms with Crippen LogP contribution in [0.2, 0.25) is 0 Å². The fraction of sp³-hybridized carbons (Fsp3) is 0.455. The van der Waals surface area contributed by atoms with Gasteiger partial charge < -0.3 is 5.73 Å². The fourth-order valence-corrected chi connectivity index (χ4v) is 1.85. The van der Waals surface area contributed by atoms with Crippen LogP contribution in [0.25, 0.3) is 0 Å². The minimum atomic E-state index is 0. The lowest BCUT2D eigenvalue weighted by Crippen LogP contribution is -2.26. The summed E-state index contributed by atoms with van der Waals surface area (Å²) < 4.78 is 2.11. The minimum Gasteiger partial charge on any atom is -0.324 e. The third-order valence-electron chi connectivity index (χ3n) is 2.24. The van der Waals surface area contributed by atoms with E-state index in [1.807, 2.05) is 6.07 Å². The molecular weight excluding hydrogens is 341 g/mol. The molecular formula is C11H16Br2ClN. The van der Waals surface area contributed by atoms with Gasteiger partial charge in [0.15, 0.2) is 0 Å². The standard InChI is InChI=1S/C11H15Br2N.ClH/c1-11(2,3)10(14)7-4-5-8(12)9(13)6-7;/h4-6,10H,14H2,1-3H3;1H/t10-;/m0./s1. The van der Waals surface area contributed by atoms with E-state index in [0.717, 1.165) is 14.5 Å². The van der Waals surface area contributed by atoms with Crippen LogP contribution in [0.5, 0.6) is 0 Å². The predicted molar refractivity (Wildman–Crippen MR) is 75.5 cm³/mol. The Morgan fingerprint density at radius 3 is 2.07 bits per heavy atom. The molecule has 0 fully saturated rings. The van der Waals surface area contributed by atoms with Crippen molar-refractivity contribution in [2.45, 2.75) is 26.8 Å². The highest BCUT2D eigenvalue weighted by Gasteiger charge is 2.22. The maximum Gasteiger partial charge on any atom is 0.0344 e. The molecule has 0 spiro atoms. The van der Waals surface area contributed by atoms with Gasteiger partial charge in [0.25, 0.3) is 0 Å². The first kappa shape index (κ1) is 15.4. The Morgan fingerprint density at radius 2 is 1.67 bits per heavy atom. The van der Waals surface area contributed by atoms with Crippen molar-refractivity contribution in [3.63, 3.8) is 0 Å². The lowest BCUT2D eigenvalue weighted by molar-refractivity contribution is 0.327. The van der Waals surface area contributed by atoms with E-state index in [-0.39, 0.29) is 23.9 Å².